The van der Waals surface area contributed by atoms with Crippen LogP contribution in [0.15, 0.2) is 36.7 Å². The minimum atomic E-state index is -0.605. The molecule has 34 heavy (non-hydrogen) atoms. The Morgan fingerprint density at radius 3 is 2.91 bits per heavy atom. The molecule has 2 N–H and O–H groups in total. The molecule has 0 saturated carbocycles. The molecule has 2 aliphatic heterocycles. The van der Waals surface area contributed by atoms with E-state index in [1.807, 2.05) is 11.0 Å². The molecule has 1 aromatic carbocycles. The average molecular weight is 483 g/mol. The molecule has 176 valence electrons. The van der Waals surface area contributed by atoms with Gasteiger partial charge in [0.2, 0.25) is 5.91 Å². The van der Waals surface area contributed by atoms with Crippen molar-refractivity contribution in [3.8, 4) is 5.75 Å². The molecule has 4 heterocycles. The predicted octanol–water partition coefficient (Wildman–Crippen LogP) is 2.35. The zero-order valence-corrected chi connectivity index (χ0v) is 19.1. The maximum Gasteiger partial charge on any atom is 0.265 e. The van der Waals surface area contributed by atoms with Crippen LogP contribution in [0, 0.1) is 0 Å². The molecular weight excluding hydrogens is 460 g/mol. The van der Waals surface area contributed by atoms with Gasteiger partial charge in [0.15, 0.2) is 12.3 Å². The lowest BCUT2D eigenvalue weighted by molar-refractivity contribution is -0.135. The number of hydrogen-bond acceptors (Lipinski definition) is 6. The molecule has 0 spiro atoms. The largest absolute Gasteiger partial charge is 0.482 e. The fraction of sp³-hybridized carbons (Fsp3) is 0.348. The second-order valence-electron chi connectivity index (χ2n) is 8.32. The van der Waals surface area contributed by atoms with Gasteiger partial charge in [-0.2, -0.15) is 5.10 Å². The molecule has 3 amide bonds. The van der Waals surface area contributed by atoms with E-state index in [9.17, 15) is 14.4 Å². The summed E-state index contributed by atoms with van der Waals surface area (Å²) in [7, 11) is 0. The Hall–Kier alpha value is -3.66. The summed E-state index contributed by atoms with van der Waals surface area (Å²) >= 11 is 6.12. The van der Waals surface area contributed by atoms with Crippen molar-refractivity contribution in [1.29, 1.82) is 0 Å². The number of aromatic nitrogens is 3. The van der Waals surface area contributed by atoms with Crippen molar-refractivity contribution in [2.24, 2.45) is 5.73 Å². The number of amides is 3. The van der Waals surface area contributed by atoms with E-state index in [0.717, 1.165) is 25.0 Å². The quantitative estimate of drug-likeness (QED) is 0.595. The predicted molar refractivity (Wildman–Crippen MR) is 124 cm³/mol. The van der Waals surface area contributed by atoms with Crippen molar-refractivity contribution < 1.29 is 19.1 Å². The first-order chi connectivity index (χ1) is 16.4. The Bertz CT molecular complexity index is 1290. The first-order valence-corrected chi connectivity index (χ1v) is 11.5. The number of piperidine rings is 1. The first kappa shape index (κ1) is 22.1. The third-order valence-corrected chi connectivity index (χ3v) is 6.51. The van der Waals surface area contributed by atoms with E-state index < -0.39 is 5.91 Å². The zero-order valence-electron chi connectivity index (χ0n) is 18.3. The van der Waals surface area contributed by atoms with Crippen LogP contribution in [0.3, 0.4) is 0 Å². The highest BCUT2D eigenvalue weighted by Gasteiger charge is 2.32. The first-order valence-electron chi connectivity index (χ1n) is 11.1. The van der Waals surface area contributed by atoms with E-state index in [1.54, 1.807) is 33.8 Å². The van der Waals surface area contributed by atoms with Gasteiger partial charge in [-0.1, -0.05) is 11.6 Å². The molecule has 1 saturated heterocycles. The van der Waals surface area contributed by atoms with E-state index in [1.165, 1.54) is 6.20 Å². The summed E-state index contributed by atoms with van der Waals surface area (Å²) in [6, 6.07) is 6.68. The Kier molecular flexibility index (Phi) is 5.82. The highest BCUT2D eigenvalue weighted by molar-refractivity contribution is 6.31. The minimum Gasteiger partial charge on any atom is -0.482 e. The number of rotatable bonds is 5. The van der Waals surface area contributed by atoms with Gasteiger partial charge in [-0.3, -0.25) is 14.4 Å². The van der Waals surface area contributed by atoms with E-state index in [4.69, 9.17) is 22.1 Å². The topological polar surface area (TPSA) is 123 Å². The number of ether oxygens (including phenoxy) is 1. The molecule has 2 aromatic heterocycles. The number of nitrogens with two attached hydrogens (primary N) is 1. The van der Waals surface area contributed by atoms with Crippen LogP contribution >= 0.6 is 11.6 Å². The Balaban J connectivity index is 1.38. The maximum atomic E-state index is 13.4. The van der Waals surface area contributed by atoms with Crippen molar-refractivity contribution in [1.82, 2.24) is 19.5 Å². The number of nitrogens with zero attached hydrogens (tertiary/aromatic N) is 5. The van der Waals surface area contributed by atoms with Gasteiger partial charge in [0, 0.05) is 30.7 Å². The van der Waals surface area contributed by atoms with Crippen LogP contribution in [0.2, 0.25) is 5.02 Å². The van der Waals surface area contributed by atoms with Crippen molar-refractivity contribution in [3.05, 3.63) is 52.9 Å². The molecule has 1 atom stereocenters. The molecule has 5 rings (SSSR count). The molecule has 1 fully saturated rings. The second kappa shape index (κ2) is 8.94. The van der Waals surface area contributed by atoms with Crippen molar-refractivity contribution in [2.75, 3.05) is 24.6 Å². The van der Waals surface area contributed by atoms with Crippen LogP contribution in [0.5, 0.6) is 5.75 Å². The maximum absolute atomic E-state index is 13.4. The van der Waals surface area contributed by atoms with Gasteiger partial charge in [0.05, 0.1) is 23.6 Å². The lowest BCUT2D eigenvalue weighted by atomic mass is 9.98. The van der Waals surface area contributed by atoms with Crippen LogP contribution in [0.1, 0.15) is 47.8 Å². The molecule has 2 aliphatic rings. The van der Waals surface area contributed by atoms with E-state index in [2.05, 4.69) is 10.1 Å². The van der Waals surface area contributed by atoms with Crippen molar-refractivity contribution in [3.63, 3.8) is 0 Å². The third kappa shape index (κ3) is 3.94. The number of halogens is 1. The fourth-order valence-corrected chi connectivity index (χ4v) is 4.81. The standard InChI is InChI=1S/C23H23ClN6O4/c24-14-4-5-19-18(11-14)29(21(32)13-34-19)10-7-20(31)28-9-2-1-3-16(28)17-6-8-26-23-15(22(25)33)12-27-30(17)23/h4-6,8,11-12,16H,1-3,7,9-10,13H2,(H2,25,33)/t16-/m0/s1. The number of hydrogen-bond donors (Lipinski definition) is 1. The minimum absolute atomic E-state index is 0.0696. The Labute approximate surface area is 200 Å². The average Bonchev–Trinajstić information content (AvgIpc) is 3.28. The summed E-state index contributed by atoms with van der Waals surface area (Å²) in [5.74, 6) is -0.328. The van der Waals surface area contributed by atoms with Crippen molar-refractivity contribution >= 4 is 40.7 Å². The smallest absolute Gasteiger partial charge is 0.265 e. The Morgan fingerprint density at radius 2 is 2.09 bits per heavy atom. The van der Waals surface area contributed by atoms with E-state index in [-0.39, 0.29) is 43.0 Å². The number of fused-ring (bicyclic) bond motifs is 2. The van der Waals surface area contributed by atoms with Crippen LogP contribution in [-0.2, 0) is 9.59 Å². The molecule has 3 aromatic rings. The monoisotopic (exact) mass is 482 g/mol. The van der Waals surface area contributed by atoms with E-state index >= 15 is 0 Å². The SMILES string of the molecule is NC(=O)c1cnn2c([C@@H]3CCCCN3C(=O)CCN3C(=O)COc4ccc(Cl)cc43)ccnc12. The Morgan fingerprint density at radius 1 is 1.24 bits per heavy atom. The van der Waals surface area contributed by atoms with Crippen molar-refractivity contribution in [2.45, 2.75) is 31.7 Å². The molecule has 11 heteroatoms. The summed E-state index contributed by atoms with van der Waals surface area (Å²) in [5, 5.41) is 4.79. The molecule has 0 aliphatic carbocycles. The summed E-state index contributed by atoms with van der Waals surface area (Å²) in [6.07, 6.45) is 5.74. The number of primary amides is 1. The van der Waals surface area contributed by atoms with Crippen LogP contribution in [0.4, 0.5) is 5.69 Å². The van der Waals surface area contributed by atoms with Gasteiger partial charge in [-0.25, -0.2) is 9.50 Å². The van der Waals surface area contributed by atoms with Gasteiger partial charge in [0.25, 0.3) is 11.8 Å². The molecule has 0 unspecified atom stereocenters. The van der Waals surface area contributed by atoms with Gasteiger partial charge in [0.1, 0.15) is 11.3 Å². The summed E-state index contributed by atoms with van der Waals surface area (Å²) in [5.41, 5.74) is 7.39. The molecule has 10 nitrogen and oxygen atoms in total. The van der Waals surface area contributed by atoms with Crippen LogP contribution in [-0.4, -0.2) is 56.9 Å². The summed E-state index contributed by atoms with van der Waals surface area (Å²) < 4.78 is 7.07. The number of likely N-dealkylation sites (tertiary alicyclic amines) is 1. The van der Waals surface area contributed by atoms with Crippen LogP contribution in [0.25, 0.3) is 5.65 Å². The fourth-order valence-electron chi connectivity index (χ4n) is 4.65. The number of carbonyl (C=O) groups excluding carboxylic acids is 3. The third-order valence-electron chi connectivity index (χ3n) is 6.27. The second-order valence-corrected chi connectivity index (χ2v) is 8.76. The lowest BCUT2D eigenvalue weighted by Crippen LogP contribution is -2.43. The molecular formula is C23H23ClN6O4. The number of benzene rings is 1. The number of carbonyl (C=O) groups is 3. The molecule has 0 radical (unpaired) electrons. The normalized spacial score (nSPS) is 18.0. The van der Waals surface area contributed by atoms with Gasteiger partial charge >= 0.3 is 0 Å². The zero-order chi connectivity index (χ0) is 23.8. The van der Waals surface area contributed by atoms with Gasteiger partial charge in [-0.05, 0) is 43.5 Å². The summed E-state index contributed by atoms with van der Waals surface area (Å²) in [4.78, 5) is 45.2. The van der Waals surface area contributed by atoms with Crippen LogP contribution < -0.4 is 15.4 Å². The van der Waals surface area contributed by atoms with E-state index in [0.29, 0.717) is 28.7 Å². The van der Waals surface area contributed by atoms with Gasteiger partial charge < -0.3 is 20.3 Å². The number of anilines is 1. The lowest BCUT2D eigenvalue weighted by Gasteiger charge is -2.37. The highest BCUT2D eigenvalue weighted by Crippen LogP contribution is 2.35. The highest BCUT2D eigenvalue weighted by atomic mass is 35.5. The van der Waals surface area contributed by atoms with Gasteiger partial charge in [-0.15, -0.1) is 0 Å². The molecule has 0 bridgehead atoms. The summed E-state index contributed by atoms with van der Waals surface area (Å²) in [6.45, 7) is 0.735.